The van der Waals surface area contributed by atoms with E-state index < -0.39 is 15.8 Å². The highest BCUT2D eigenvalue weighted by Gasteiger charge is 2.15. The summed E-state index contributed by atoms with van der Waals surface area (Å²) in [5.74, 6) is -1.37. The fraction of sp³-hybridized carbons (Fsp3) is 0.0667. The van der Waals surface area contributed by atoms with Crippen molar-refractivity contribution in [3.8, 4) is 0 Å². The zero-order valence-corrected chi connectivity index (χ0v) is 16.2. The van der Waals surface area contributed by atoms with Crippen LogP contribution in [-0.4, -0.2) is 26.7 Å². The van der Waals surface area contributed by atoms with Crippen molar-refractivity contribution >= 4 is 55.0 Å². The fourth-order valence-electron chi connectivity index (χ4n) is 1.66. The maximum absolute atomic E-state index is 10.9. The Morgan fingerprint density at radius 2 is 1.27 bits per heavy atom. The molecule has 26 heavy (non-hydrogen) atoms. The zero-order valence-electron chi connectivity index (χ0n) is 13.0. The summed E-state index contributed by atoms with van der Waals surface area (Å²) in [6.07, 6.45) is 0. The first-order chi connectivity index (χ1) is 12.0. The molecule has 0 fully saturated rings. The van der Waals surface area contributed by atoms with Gasteiger partial charge in [-0.15, -0.1) is 0 Å². The molecule has 0 heterocycles. The van der Waals surface area contributed by atoms with Gasteiger partial charge in [0.25, 0.3) is 11.4 Å². The molecular formula is C15H10Br2N2O7. The molecule has 2 aromatic carbocycles. The SMILES string of the molecule is CC(=O)c1ccc(Br)c([N+](=O)[O-])c1.O=C(O)c1ccc(Br)c([N+](=O)[O-])c1. The van der Waals surface area contributed by atoms with Crippen LogP contribution < -0.4 is 0 Å². The maximum atomic E-state index is 10.9. The van der Waals surface area contributed by atoms with E-state index in [4.69, 9.17) is 5.11 Å². The van der Waals surface area contributed by atoms with Crippen LogP contribution in [0.4, 0.5) is 11.4 Å². The number of carboxylic acids is 1. The maximum Gasteiger partial charge on any atom is 0.335 e. The number of benzene rings is 2. The molecule has 0 aliphatic carbocycles. The van der Waals surface area contributed by atoms with Crippen molar-refractivity contribution in [1.29, 1.82) is 0 Å². The Morgan fingerprint density at radius 3 is 1.62 bits per heavy atom. The average molecular weight is 490 g/mol. The molecule has 1 N–H and O–H groups in total. The molecule has 0 spiro atoms. The molecule has 0 aromatic heterocycles. The lowest BCUT2D eigenvalue weighted by Crippen LogP contribution is -1.98. The van der Waals surface area contributed by atoms with Gasteiger partial charge in [0.2, 0.25) is 0 Å². The minimum Gasteiger partial charge on any atom is -0.478 e. The number of nitro groups is 2. The van der Waals surface area contributed by atoms with Crippen LogP contribution in [-0.2, 0) is 0 Å². The highest BCUT2D eigenvalue weighted by atomic mass is 79.9. The minimum absolute atomic E-state index is 0.0901. The Bertz CT molecular complexity index is 826. The number of Topliss-reactive ketones (excluding diaryl/α,β-unsaturated/α-hetero) is 1. The number of aromatic carboxylic acids is 1. The number of nitro benzene ring substituents is 2. The lowest BCUT2D eigenvalue weighted by Gasteiger charge is -1.97. The van der Waals surface area contributed by atoms with Gasteiger partial charge in [0, 0.05) is 17.7 Å². The van der Waals surface area contributed by atoms with Gasteiger partial charge in [-0.1, -0.05) is 0 Å². The zero-order chi connectivity index (χ0) is 20.0. The standard InChI is InChI=1S/C8H6BrNO3.C7H4BrNO4/c1-5(11)6-2-3-7(9)8(4-6)10(12)13;8-5-2-1-4(7(10)11)3-6(5)9(12)13/h2-4H,1H3;1-3H,(H,10,11). The number of hydrogen-bond acceptors (Lipinski definition) is 6. The van der Waals surface area contributed by atoms with Gasteiger partial charge < -0.3 is 5.11 Å². The van der Waals surface area contributed by atoms with Gasteiger partial charge in [0.05, 0.1) is 24.4 Å². The lowest BCUT2D eigenvalue weighted by molar-refractivity contribution is -0.385. The Labute approximate surface area is 163 Å². The first kappa shape index (κ1) is 21.4. The highest BCUT2D eigenvalue weighted by Crippen LogP contribution is 2.26. The van der Waals surface area contributed by atoms with E-state index in [1.807, 2.05) is 0 Å². The smallest absolute Gasteiger partial charge is 0.335 e. The van der Waals surface area contributed by atoms with Crippen molar-refractivity contribution in [2.24, 2.45) is 0 Å². The molecule has 9 nitrogen and oxygen atoms in total. The predicted molar refractivity (Wildman–Crippen MR) is 98.6 cm³/mol. The molecule has 0 radical (unpaired) electrons. The van der Waals surface area contributed by atoms with Gasteiger partial charge in [-0.25, -0.2) is 4.79 Å². The minimum atomic E-state index is -1.18. The number of carbonyl (C=O) groups is 2. The molecule has 11 heteroatoms. The van der Waals surface area contributed by atoms with Crippen LogP contribution in [0.2, 0.25) is 0 Å². The van der Waals surface area contributed by atoms with Crippen LogP contribution in [0.25, 0.3) is 0 Å². The van der Waals surface area contributed by atoms with Gasteiger partial charge in [-0.3, -0.25) is 25.0 Å². The molecule has 2 aromatic rings. The molecular weight excluding hydrogens is 480 g/mol. The summed E-state index contributed by atoms with van der Waals surface area (Å²) in [6.45, 7) is 1.37. The molecule has 2 rings (SSSR count). The predicted octanol–water partition coefficient (Wildman–Crippen LogP) is 4.62. The molecule has 0 saturated carbocycles. The number of hydrogen-bond donors (Lipinski definition) is 1. The number of nitrogens with zero attached hydrogens (tertiary/aromatic N) is 2. The van der Waals surface area contributed by atoms with Crippen molar-refractivity contribution in [3.63, 3.8) is 0 Å². The number of rotatable bonds is 4. The molecule has 0 bridgehead atoms. The van der Waals surface area contributed by atoms with E-state index in [1.165, 1.54) is 31.2 Å². The van der Waals surface area contributed by atoms with Crippen LogP contribution in [0.3, 0.4) is 0 Å². The second kappa shape index (κ2) is 9.15. The van der Waals surface area contributed by atoms with Crippen LogP contribution in [0.15, 0.2) is 45.3 Å². The van der Waals surface area contributed by atoms with E-state index in [2.05, 4.69) is 31.9 Å². The number of ketones is 1. The summed E-state index contributed by atoms with van der Waals surface area (Å²) in [5, 5.41) is 29.4. The van der Waals surface area contributed by atoms with E-state index in [1.54, 1.807) is 6.07 Å². The Kier molecular flexibility index (Phi) is 7.53. The first-order valence-electron chi connectivity index (χ1n) is 6.66. The van der Waals surface area contributed by atoms with Crippen molar-refractivity contribution < 1.29 is 24.5 Å². The fourth-order valence-corrected chi connectivity index (χ4v) is 2.44. The molecule has 0 aliphatic rings. The topological polar surface area (TPSA) is 141 Å². The molecule has 0 unspecified atom stereocenters. The Morgan fingerprint density at radius 1 is 0.885 bits per heavy atom. The Balaban J connectivity index is 0.000000260. The summed E-state index contributed by atoms with van der Waals surface area (Å²) < 4.78 is 0.644. The second-order valence-corrected chi connectivity index (χ2v) is 6.42. The van der Waals surface area contributed by atoms with Gasteiger partial charge in [0.15, 0.2) is 5.78 Å². The van der Waals surface area contributed by atoms with Crippen molar-refractivity contribution in [3.05, 3.63) is 76.7 Å². The molecule has 136 valence electrons. The summed E-state index contributed by atoms with van der Waals surface area (Å²) in [7, 11) is 0. The average Bonchev–Trinajstić information content (AvgIpc) is 2.55. The molecule has 0 amide bonds. The van der Waals surface area contributed by atoms with E-state index in [0.717, 1.165) is 6.07 Å². The van der Waals surface area contributed by atoms with Crippen LogP contribution in [0.1, 0.15) is 27.6 Å². The van der Waals surface area contributed by atoms with Crippen molar-refractivity contribution in [2.45, 2.75) is 6.92 Å². The van der Waals surface area contributed by atoms with E-state index >= 15 is 0 Å². The van der Waals surface area contributed by atoms with Crippen LogP contribution in [0.5, 0.6) is 0 Å². The first-order valence-corrected chi connectivity index (χ1v) is 8.25. The van der Waals surface area contributed by atoms with Crippen LogP contribution in [0, 0.1) is 20.2 Å². The quantitative estimate of drug-likeness (QED) is 0.375. The van der Waals surface area contributed by atoms with Crippen LogP contribution >= 0.6 is 31.9 Å². The summed E-state index contributed by atoms with van der Waals surface area (Å²) in [4.78, 5) is 41.0. The largest absolute Gasteiger partial charge is 0.478 e. The number of carbonyl (C=O) groups excluding carboxylic acids is 1. The second-order valence-electron chi connectivity index (χ2n) is 4.71. The Hall–Kier alpha value is -2.66. The third-order valence-corrected chi connectivity index (χ3v) is 4.28. The summed E-state index contributed by atoms with van der Waals surface area (Å²) in [6, 6.07) is 7.92. The normalized spacial score (nSPS) is 9.65. The van der Waals surface area contributed by atoms with Gasteiger partial charge >= 0.3 is 5.97 Å². The summed E-state index contributed by atoms with van der Waals surface area (Å²) in [5.41, 5.74) is -0.0996. The van der Waals surface area contributed by atoms with E-state index in [9.17, 15) is 29.8 Å². The van der Waals surface area contributed by atoms with Gasteiger partial charge in [-0.2, -0.15) is 0 Å². The highest BCUT2D eigenvalue weighted by molar-refractivity contribution is 9.11. The van der Waals surface area contributed by atoms with Gasteiger partial charge in [0.1, 0.15) is 0 Å². The van der Waals surface area contributed by atoms with Crippen molar-refractivity contribution in [1.82, 2.24) is 0 Å². The molecule has 0 saturated heterocycles. The van der Waals surface area contributed by atoms with E-state index in [0.29, 0.717) is 10.0 Å². The third-order valence-electron chi connectivity index (χ3n) is 2.94. The van der Waals surface area contributed by atoms with E-state index in [-0.39, 0.29) is 27.2 Å². The monoisotopic (exact) mass is 488 g/mol. The number of halogens is 2. The van der Waals surface area contributed by atoms with Gasteiger partial charge in [-0.05, 0) is 63.0 Å². The molecule has 0 atom stereocenters. The molecule has 0 aliphatic heterocycles. The van der Waals surface area contributed by atoms with Crippen molar-refractivity contribution in [2.75, 3.05) is 0 Å². The summed E-state index contributed by atoms with van der Waals surface area (Å²) >= 11 is 5.97. The lowest BCUT2D eigenvalue weighted by atomic mass is 10.1. The number of carboxylic acid groups (broad SMARTS) is 1. The third kappa shape index (κ3) is 5.70.